The Balaban J connectivity index is 2.05. The minimum absolute atomic E-state index is 0.277. The summed E-state index contributed by atoms with van der Waals surface area (Å²) in [6.07, 6.45) is 3.48. The number of rotatable bonds is 5. The molecule has 1 aliphatic rings. The molecule has 1 N–H and O–H groups in total. The minimum atomic E-state index is -3.02. The molecule has 0 unspecified atom stereocenters. The Morgan fingerprint density at radius 2 is 2.33 bits per heavy atom. The molecule has 1 aliphatic heterocycles. The molecule has 5 nitrogen and oxygen atoms in total. The molecule has 2 heterocycles. The van der Waals surface area contributed by atoms with E-state index in [-0.39, 0.29) is 5.75 Å². The highest BCUT2D eigenvalue weighted by atomic mass is 32.2. The van der Waals surface area contributed by atoms with Gasteiger partial charge in [0.1, 0.15) is 5.82 Å². The Morgan fingerprint density at radius 3 is 3.00 bits per heavy atom. The third-order valence-corrected chi connectivity index (χ3v) is 4.85. The summed E-state index contributed by atoms with van der Waals surface area (Å²) >= 11 is 0. The number of sulfonamides is 1. The van der Waals surface area contributed by atoms with Crippen molar-refractivity contribution in [1.29, 1.82) is 0 Å². The highest BCUT2D eigenvalue weighted by Gasteiger charge is 2.27. The number of nitrogens with zero attached hydrogens (tertiary/aromatic N) is 2. The van der Waals surface area contributed by atoms with Gasteiger partial charge in [0.2, 0.25) is 10.0 Å². The Bertz CT molecular complexity index is 502. The third kappa shape index (κ3) is 3.20. The first-order valence-electron chi connectivity index (χ1n) is 6.28. The van der Waals surface area contributed by atoms with Crippen molar-refractivity contribution >= 4 is 15.8 Å². The average Bonchev–Trinajstić information content (AvgIpc) is 2.67. The van der Waals surface area contributed by atoms with Crippen LogP contribution < -0.4 is 5.32 Å². The van der Waals surface area contributed by atoms with Crippen LogP contribution in [0.4, 0.5) is 5.82 Å². The number of hydrogen-bond acceptors (Lipinski definition) is 4. The van der Waals surface area contributed by atoms with Gasteiger partial charge in [0.25, 0.3) is 0 Å². The molecule has 0 amide bonds. The summed E-state index contributed by atoms with van der Waals surface area (Å²) in [4.78, 5) is 4.21. The fourth-order valence-electron chi connectivity index (χ4n) is 1.99. The summed E-state index contributed by atoms with van der Waals surface area (Å²) in [5.41, 5.74) is 0.981. The van der Waals surface area contributed by atoms with Crippen LogP contribution in [0.25, 0.3) is 0 Å². The van der Waals surface area contributed by atoms with Crippen molar-refractivity contribution in [2.24, 2.45) is 0 Å². The van der Waals surface area contributed by atoms with E-state index in [4.69, 9.17) is 0 Å². The molecule has 1 saturated heterocycles. The molecule has 0 aromatic carbocycles. The zero-order valence-corrected chi connectivity index (χ0v) is 11.4. The van der Waals surface area contributed by atoms with Crippen LogP contribution in [0.2, 0.25) is 0 Å². The van der Waals surface area contributed by atoms with E-state index in [2.05, 4.69) is 17.2 Å². The van der Waals surface area contributed by atoms with Gasteiger partial charge >= 0.3 is 0 Å². The molecular weight excluding hydrogens is 250 g/mol. The van der Waals surface area contributed by atoms with Gasteiger partial charge in [0.05, 0.1) is 5.75 Å². The molecule has 2 rings (SSSR count). The Kier molecular flexibility index (Phi) is 4.19. The molecule has 0 bridgehead atoms. The van der Waals surface area contributed by atoms with E-state index in [9.17, 15) is 8.42 Å². The van der Waals surface area contributed by atoms with Gasteiger partial charge in [-0.3, -0.25) is 0 Å². The van der Waals surface area contributed by atoms with Gasteiger partial charge in [0, 0.05) is 25.8 Å². The molecule has 1 fully saturated rings. The Labute approximate surface area is 108 Å². The van der Waals surface area contributed by atoms with Gasteiger partial charge in [0.15, 0.2) is 0 Å². The summed E-state index contributed by atoms with van der Waals surface area (Å²) < 4.78 is 25.0. The van der Waals surface area contributed by atoms with Crippen LogP contribution in [0.1, 0.15) is 25.3 Å². The van der Waals surface area contributed by atoms with E-state index in [1.54, 1.807) is 10.5 Å². The van der Waals surface area contributed by atoms with Crippen molar-refractivity contribution in [3.8, 4) is 0 Å². The largest absolute Gasteiger partial charge is 0.370 e. The summed E-state index contributed by atoms with van der Waals surface area (Å²) in [5, 5.41) is 3.20. The van der Waals surface area contributed by atoms with Gasteiger partial charge in [-0.1, -0.05) is 6.92 Å². The normalized spacial score (nSPS) is 18.9. The zero-order chi connectivity index (χ0) is 13.0. The van der Waals surface area contributed by atoms with Crippen molar-refractivity contribution in [2.75, 3.05) is 24.2 Å². The smallest absolute Gasteiger partial charge is 0.214 e. The first-order chi connectivity index (χ1) is 8.62. The van der Waals surface area contributed by atoms with Crippen LogP contribution in [-0.4, -0.2) is 36.5 Å². The number of nitrogens with one attached hydrogen (secondary N) is 1. The van der Waals surface area contributed by atoms with E-state index in [0.717, 1.165) is 30.8 Å². The second-order valence-electron chi connectivity index (χ2n) is 4.48. The first kappa shape index (κ1) is 13.3. The van der Waals surface area contributed by atoms with Crippen LogP contribution >= 0.6 is 0 Å². The second kappa shape index (κ2) is 5.67. The van der Waals surface area contributed by atoms with Gasteiger partial charge in [-0.05, 0) is 30.5 Å². The van der Waals surface area contributed by atoms with Gasteiger partial charge in [-0.25, -0.2) is 13.4 Å². The predicted octanol–water partition coefficient (Wildman–Crippen LogP) is 1.44. The number of pyridine rings is 1. The maximum Gasteiger partial charge on any atom is 0.214 e. The van der Waals surface area contributed by atoms with Crippen molar-refractivity contribution in [1.82, 2.24) is 9.29 Å². The summed E-state index contributed by atoms with van der Waals surface area (Å²) in [6.45, 7) is 4.04. The lowest BCUT2D eigenvalue weighted by Crippen LogP contribution is -2.25. The molecule has 0 saturated carbocycles. The lowest BCUT2D eigenvalue weighted by molar-refractivity contribution is 0.439. The lowest BCUT2D eigenvalue weighted by Gasteiger charge is -2.14. The Hall–Kier alpha value is -1.14. The molecule has 1 aromatic heterocycles. The number of anilines is 1. The second-order valence-corrected chi connectivity index (χ2v) is 6.57. The molecule has 0 spiro atoms. The SMILES string of the molecule is CCCNc1cc(CN2CCCS2(=O)=O)ccn1. The molecule has 1 aromatic rings. The van der Waals surface area contributed by atoms with E-state index >= 15 is 0 Å². The van der Waals surface area contributed by atoms with Crippen LogP contribution in [0.5, 0.6) is 0 Å². The van der Waals surface area contributed by atoms with Crippen LogP contribution in [0.15, 0.2) is 18.3 Å². The van der Waals surface area contributed by atoms with Crippen molar-refractivity contribution in [3.05, 3.63) is 23.9 Å². The van der Waals surface area contributed by atoms with Crippen molar-refractivity contribution in [3.63, 3.8) is 0 Å². The standard InChI is InChI=1S/C12H19N3O2S/c1-2-5-13-12-9-11(4-6-14-12)10-15-7-3-8-18(15,16)17/h4,6,9H,2-3,5,7-8,10H2,1H3,(H,13,14). The number of hydrogen-bond donors (Lipinski definition) is 1. The van der Waals surface area contributed by atoms with E-state index in [1.165, 1.54) is 0 Å². The monoisotopic (exact) mass is 269 g/mol. The van der Waals surface area contributed by atoms with Gasteiger partial charge in [-0.2, -0.15) is 4.31 Å². The highest BCUT2D eigenvalue weighted by molar-refractivity contribution is 7.89. The van der Waals surface area contributed by atoms with Crippen LogP contribution in [0.3, 0.4) is 0 Å². The average molecular weight is 269 g/mol. The van der Waals surface area contributed by atoms with E-state index in [0.29, 0.717) is 13.1 Å². The predicted molar refractivity (Wildman–Crippen MR) is 71.8 cm³/mol. The summed E-state index contributed by atoms with van der Waals surface area (Å²) in [5.74, 6) is 1.09. The summed E-state index contributed by atoms with van der Waals surface area (Å²) in [6, 6.07) is 3.79. The lowest BCUT2D eigenvalue weighted by atomic mass is 10.2. The quantitative estimate of drug-likeness (QED) is 0.878. The van der Waals surface area contributed by atoms with Crippen molar-refractivity contribution in [2.45, 2.75) is 26.3 Å². The van der Waals surface area contributed by atoms with Crippen molar-refractivity contribution < 1.29 is 8.42 Å². The first-order valence-corrected chi connectivity index (χ1v) is 7.89. The molecule has 0 radical (unpaired) electrons. The summed E-state index contributed by atoms with van der Waals surface area (Å²) in [7, 11) is -3.02. The molecule has 0 aliphatic carbocycles. The topological polar surface area (TPSA) is 62.3 Å². The fourth-order valence-corrected chi connectivity index (χ4v) is 3.50. The Morgan fingerprint density at radius 1 is 1.50 bits per heavy atom. The van der Waals surface area contributed by atoms with Crippen LogP contribution in [0, 0.1) is 0 Å². The van der Waals surface area contributed by atoms with Gasteiger partial charge in [-0.15, -0.1) is 0 Å². The molecule has 18 heavy (non-hydrogen) atoms. The molecule has 0 atom stereocenters. The van der Waals surface area contributed by atoms with Gasteiger partial charge < -0.3 is 5.32 Å². The van der Waals surface area contributed by atoms with E-state index in [1.807, 2.05) is 12.1 Å². The third-order valence-electron chi connectivity index (χ3n) is 2.94. The fraction of sp³-hybridized carbons (Fsp3) is 0.583. The zero-order valence-electron chi connectivity index (χ0n) is 10.6. The number of aromatic nitrogens is 1. The molecule has 100 valence electrons. The van der Waals surface area contributed by atoms with Crippen LogP contribution in [-0.2, 0) is 16.6 Å². The maximum absolute atomic E-state index is 11.7. The highest BCUT2D eigenvalue weighted by Crippen LogP contribution is 2.18. The molecule has 6 heteroatoms. The minimum Gasteiger partial charge on any atom is -0.370 e. The van der Waals surface area contributed by atoms with E-state index < -0.39 is 10.0 Å². The maximum atomic E-state index is 11.7. The molecular formula is C12H19N3O2S.